The van der Waals surface area contributed by atoms with E-state index in [9.17, 15) is 4.79 Å². The number of hydrogen-bond donors (Lipinski definition) is 2. The molecule has 2 N–H and O–H groups in total. The fraction of sp³-hybridized carbons (Fsp3) is 0.562. The van der Waals surface area contributed by atoms with E-state index in [-0.39, 0.29) is 12.0 Å². The quantitative estimate of drug-likeness (QED) is 0.716. The Hall–Kier alpha value is -1.55. The maximum atomic E-state index is 11.5. The lowest BCUT2D eigenvalue weighted by molar-refractivity contribution is -0.121. The fourth-order valence-electron chi connectivity index (χ4n) is 1.96. The highest BCUT2D eigenvalue weighted by Crippen LogP contribution is 2.18. The van der Waals surface area contributed by atoms with Crippen molar-refractivity contribution in [1.29, 1.82) is 0 Å². The van der Waals surface area contributed by atoms with Crippen LogP contribution in [0, 0.1) is 0 Å². The molecule has 0 atom stereocenters. The van der Waals surface area contributed by atoms with Gasteiger partial charge >= 0.3 is 0 Å². The van der Waals surface area contributed by atoms with Crippen LogP contribution in [-0.4, -0.2) is 24.6 Å². The van der Waals surface area contributed by atoms with Gasteiger partial charge in [0.25, 0.3) is 0 Å². The number of carbonyl (C=O) groups excluding carboxylic acids is 1. The van der Waals surface area contributed by atoms with Crippen LogP contribution in [0.5, 0.6) is 5.75 Å². The smallest absolute Gasteiger partial charge is 0.221 e. The highest BCUT2D eigenvalue weighted by Gasteiger charge is 2.22. The summed E-state index contributed by atoms with van der Waals surface area (Å²) < 4.78 is 5.66. The molecule has 1 amide bonds. The maximum Gasteiger partial charge on any atom is 0.221 e. The summed E-state index contributed by atoms with van der Waals surface area (Å²) in [5.41, 5.74) is 1.17. The van der Waals surface area contributed by atoms with Gasteiger partial charge in [-0.2, -0.15) is 0 Å². The Bertz CT molecular complexity index is 442. The molecule has 1 saturated carbocycles. The minimum atomic E-state index is 0.150. The van der Waals surface area contributed by atoms with Crippen LogP contribution in [0.1, 0.15) is 38.7 Å². The summed E-state index contributed by atoms with van der Waals surface area (Å²) in [6, 6.07) is 8.51. The lowest BCUT2D eigenvalue weighted by Gasteiger charge is -2.11. The molecule has 20 heavy (non-hydrogen) atoms. The van der Waals surface area contributed by atoms with E-state index < -0.39 is 0 Å². The Labute approximate surface area is 120 Å². The average molecular weight is 276 g/mol. The molecule has 0 heterocycles. The van der Waals surface area contributed by atoms with Crippen molar-refractivity contribution in [2.24, 2.45) is 0 Å². The second-order valence-electron chi connectivity index (χ2n) is 5.58. The first-order valence-corrected chi connectivity index (χ1v) is 7.39. The van der Waals surface area contributed by atoms with Gasteiger partial charge < -0.3 is 15.4 Å². The summed E-state index contributed by atoms with van der Waals surface area (Å²) in [5.74, 6) is 1.04. The van der Waals surface area contributed by atoms with Gasteiger partial charge in [0.2, 0.25) is 5.91 Å². The van der Waals surface area contributed by atoms with Gasteiger partial charge in [-0.3, -0.25) is 4.79 Å². The van der Waals surface area contributed by atoms with Crippen molar-refractivity contribution in [3.05, 3.63) is 29.8 Å². The van der Waals surface area contributed by atoms with Crippen molar-refractivity contribution in [3.8, 4) is 5.75 Å². The SMILES string of the molecule is CC(C)Oc1cccc(CNCCC(=O)NC2CC2)c1. The lowest BCUT2D eigenvalue weighted by Crippen LogP contribution is -2.29. The number of hydrogen-bond acceptors (Lipinski definition) is 3. The molecule has 1 aliphatic carbocycles. The summed E-state index contributed by atoms with van der Waals surface area (Å²) in [6.07, 6.45) is 3.01. The maximum absolute atomic E-state index is 11.5. The second kappa shape index (κ2) is 7.29. The monoisotopic (exact) mass is 276 g/mol. The highest BCUT2D eigenvalue weighted by atomic mass is 16.5. The van der Waals surface area contributed by atoms with E-state index in [4.69, 9.17) is 4.74 Å². The van der Waals surface area contributed by atoms with E-state index >= 15 is 0 Å². The van der Waals surface area contributed by atoms with Crippen molar-refractivity contribution in [1.82, 2.24) is 10.6 Å². The number of amides is 1. The van der Waals surface area contributed by atoms with E-state index in [1.54, 1.807) is 0 Å². The minimum Gasteiger partial charge on any atom is -0.491 e. The molecule has 1 aromatic rings. The predicted molar refractivity (Wildman–Crippen MR) is 79.7 cm³/mol. The standard InChI is InChI=1S/C16H24N2O2/c1-12(2)20-15-5-3-4-13(10-15)11-17-9-8-16(19)18-14-6-7-14/h3-5,10,12,14,17H,6-9,11H2,1-2H3,(H,18,19). The molecular weight excluding hydrogens is 252 g/mol. The first-order chi connectivity index (χ1) is 9.63. The van der Waals surface area contributed by atoms with Crippen LogP contribution in [0.2, 0.25) is 0 Å². The molecule has 0 aliphatic heterocycles. The molecule has 1 aromatic carbocycles. The zero-order valence-electron chi connectivity index (χ0n) is 12.3. The number of ether oxygens (including phenoxy) is 1. The molecule has 1 aliphatic rings. The zero-order chi connectivity index (χ0) is 14.4. The summed E-state index contributed by atoms with van der Waals surface area (Å²) in [6.45, 7) is 5.49. The summed E-state index contributed by atoms with van der Waals surface area (Å²) in [4.78, 5) is 11.5. The third-order valence-electron chi connectivity index (χ3n) is 3.07. The van der Waals surface area contributed by atoms with Crippen molar-refractivity contribution in [2.75, 3.05) is 6.54 Å². The van der Waals surface area contributed by atoms with Crippen LogP contribution in [0.25, 0.3) is 0 Å². The summed E-state index contributed by atoms with van der Waals surface area (Å²) in [5, 5.41) is 6.27. The number of nitrogens with one attached hydrogen (secondary N) is 2. The van der Waals surface area contributed by atoms with E-state index in [2.05, 4.69) is 16.7 Å². The molecule has 0 spiro atoms. The Kier molecular flexibility index (Phi) is 5.41. The Morgan fingerprint density at radius 1 is 1.40 bits per heavy atom. The van der Waals surface area contributed by atoms with Crippen LogP contribution in [0.3, 0.4) is 0 Å². The minimum absolute atomic E-state index is 0.150. The van der Waals surface area contributed by atoms with Gasteiger partial charge in [-0.05, 0) is 44.4 Å². The highest BCUT2D eigenvalue weighted by molar-refractivity contribution is 5.76. The molecule has 1 fully saturated rings. The van der Waals surface area contributed by atoms with Crippen molar-refractivity contribution < 1.29 is 9.53 Å². The van der Waals surface area contributed by atoms with Crippen LogP contribution < -0.4 is 15.4 Å². The zero-order valence-corrected chi connectivity index (χ0v) is 12.3. The van der Waals surface area contributed by atoms with Crippen LogP contribution in [-0.2, 0) is 11.3 Å². The van der Waals surface area contributed by atoms with E-state index in [1.807, 2.05) is 32.0 Å². The second-order valence-corrected chi connectivity index (χ2v) is 5.58. The van der Waals surface area contributed by atoms with Crippen LogP contribution in [0.4, 0.5) is 0 Å². The molecule has 2 rings (SSSR count). The third kappa shape index (κ3) is 5.61. The first kappa shape index (κ1) is 14.9. The fourth-order valence-corrected chi connectivity index (χ4v) is 1.96. The van der Waals surface area contributed by atoms with E-state index in [0.717, 1.165) is 25.1 Å². The normalized spacial score (nSPS) is 14.3. The largest absolute Gasteiger partial charge is 0.491 e. The Balaban J connectivity index is 1.66. The van der Waals surface area contributed by atoms with Crippen LogP contribution >= 0.6 is 0 Å². The molecule has 0 unspecified atom stereocenters. The number of rotatable bonds is 8. The van der Waals surface area contributed by atoms with Crippen molar-refractivity contribution in [3.63, 3.8) is 0 Å². The Morgan fingerprint density at radius 2 is 2.20 bits per heavy atom. The molecule has 4 heteroatoms. The van der Waals surface area contributed by atoms with Crippen molar-refractivity contribution in [2.45, 2.75) is 51.8 Å². The summed E-state index contributed by atoms with van der Waals surface area (Å²) >= 11 is 0. The van der Waals surface area contributed by atoms with Gasteiger partial charge in [0, 0.05) is 25.6 Å². The third-order valence-corrected chi connectivity index (χ3v) is 3.07. The predicted octanol–water partition coefficient (Wildman–Crippen LogP) is 2.23. The molecule has 0 saturated heterocycles. The first-order valence-electron chi connectivity index (χ1n) is 7.39. The van der Waals surface area contributed by atoms with Gasteiger partial charge in [-0.15, -0.1) is 0 Å². The number of carbonyl (C=O) groups is 1. The van der Waals surface area contributed by atoms with E-state index in [1.165, 1.54) is 5.56 Å². The van der Waals surface area contributed by atoms with Gasteiger partial charge in [-0.1, -0.05) is 12.1 Å². The van der Waals surface area contributed by atoms with Crippen molar-refractivity contribution >= 4 is 5.91 Å². The van der Waals surface area contributed by atoms with Gasteiger partial charge in [0.15, 0.2) is 0 Å². The van der Waals surface area contributed by atoms with Crippen LogP contribution in [0.15, 0.2) is 24.3 Å². The average Bonchev–Trinajstić information content (AvgIpc) is 3.18. The number of benzene rings is 1. The summed E-state index contributed by atoms with van der Waals surface area (Å²) in [7, 11) is 0. The molecule has 0 aromatic heterocycles. The Morgan fingerprint density at radius 3 is 2.90 bits per heavy atom. The van der Waals surface area contributed by atoms with Gasteiger partial charge in [0.1, 0.15) is 5.75 Å². The molecule has 0 bridgehead atoms. The lowest BCUT2D eigenvalue weighted by atomic mass is 10.2. The van der Waals surface area contributed by atoms with Gasteiger partial charge in [-0.25, -0.2) is 0 Å². The van der Waals surface area contributed by atoms with E-state index in [0.29, 0.717) is 19.0 Å². The van der Waals surface area contributed by atoms with Gasteiger partial charge in [0.05, 0.1) is 6.10 Å². The molecule has 110 valence electrons. The molecular formula is C16H24N2O2. The molecule has 0 radical (unpaired) electrons. The molecule has 4 nitrogen and oxygen atoms in total. The topological polar surface area (TPSA) is 50.4 Å².